The van der Waals surface area contributed by atoms with E-state index in [0.717, 1.165) is 40.6 Å². The monoisotopic (exact) mass is 462 g/mol. The lowest BCUT2D eigenvalue weighted by atomic mass is 10.1. The molecule has 3 heterocycles. The fourth-order valence-corrected chi connectivity index (χ4v) is 5.25. The van der Waals surface area contributed by atoms with Gasteiger partial charge in [0.05, 0.1) is 30.3 Å². The van der Waals surface area contributed by atoms with E-state index in [2.05, 4.69) is 22.4 Å². The summed E-state index contributed by atoms with van der Waals surface area (Å²) in [5.41, 5.74) is 2.24. The van der Waals surface area contributed by atoms with E-state index in [1.807, 2.05) is 31.4 Å². The van der Waals surface area contributed by atoms with Crippen molar-refractivity contribution >= 4 is 40.0 Å². The molecule has 1 N–H and O–H groups in total. The van der Waals surface area contributed by atoms with Gasteiger partial charge in [-0.2, -0.15) is 0 Å². The summed E-state index contributed by atoms with van der Waals surface area (Å²) >= 11 is 2.70. The Hall–Kier alpha value is -2.59. The van der Waals surface area contributed by atoms with E-state index in [-0.39, 0.29) is 11.7 Å². The number of anilines is 1. The normalized spacial score (nSPS) is 11.0. The van der Waals surface area contributed by atoms with Crippen molar-refractivity contribution in [2.75, 3.05) is 18.2 Å². The molecule has 0 radical (unpaired) electrons. The van der Waals surface area contributed by atoms with Crippen LogP contribution < -0.4 is 5.32 Å². The Bertz CT molecular complexity index is 1080. The molecule has 0 atom stereocenters. The van der Waals surface area contributed by atoms with Crippen LogP contribution in [0.5, 0.6) is 0 Å². The van der Waals surface area contributed by atoms with Crippen LogP contribution in [0.1, 0.15) is 46.8 Å². The molecule has 0 bridgehead atoms. The molecular weight excluding hydrogens is 436 g/mol. The Kier molecular flexibility index (Phi) is 7.55. The summed E-state index contributed by atoms with van der Waals surface area (Å²) in [7, 11) is 1.34. The Labute approximate surface area is 189 Å². The average molecular weight is 463 g/mol. The molecule has 0 fully saturated rings. The lowest BCUT2D eigenvalue weighted by Gasteiger charge is -2.09. The second kappa shape index (κ2) is 10.1. The number of furan rings is 1. The van der Waals surface area contributed by atoms with E-state index in [0.29, 0.717) is 22.1 Å². The van der Waals surface area contributed by atoms with Crippen LogP contribution in [0.25, 0.3) is 11.4 Å². The molecular formula is C21H26N4O4S2. The number of rotatable bonds is 9. The van der Waals surface area contributed by atoms with Gasteiger partial charge in [-0.25, -0.2) is 4.79 Å². The number of esters is 1. The highest BCUT2D eigenvalue weighted by molar-refractivity contribution is 7.99. The minimum atomic E-state index is -0.438. The minimum Gasteiger partial charge on any atom is -0.469 e. The predicted octanol–water partition coefficient (Wildman–Crippen LogP) is 4.71. The molecule has 3 aromatic rings. The summed E-state index contributed by atoms with van der Waals surface area (Å²) < 4.78 is 12.3. The smallest absolute Gasteiger partial charge is 0.341 e. The predicted molar refractivity (Wildman–Crippen MR) is 122 cm³/mol. The molecule has 166 valence electrons. The van der Waals surface area contributed by atoms with E-state index in [9.17, 15) is 9.59 Å². The average Bonchev–Trinajstić information content (AvgIpc) is 3.43. The summed E-state index contributed by atoms with van der Waals surface area (Å²) in [4.78, 5) is 25.9. The molecule has 0 aliphatic heterocycles. The zero-order valence-electron chi connectivity index (χ0n) is 18.3. The Morgan fingerprint density at radius 2 is 2.06 bits per heavy atom. The third-order valence-corrected chi connectivity index (χ3v) is 6.83. The second-order valence-electron chi connectivity index (χ2n) is 6.87. The van der Waals surface area contributed by atoms with Crippen LogP contribution in [0.2, 0.25) is 0 Å². The quantitative estimate of drug-likeness (QED) is 0.363. The number of amides is 1. The molecule has 0 spiro atoms. The zero-order chi connectivity index (χ0) is 22.5. The number of nitrogens with one attached hydrogen (secondary N) is 1. The zero-order valence-corrected chi connectivity index (χ0v) is 19.9. The maximum Gasteiger partial charge on any atom is 0.341 e. The van der Waals surface area contributed by atoms with Gasteiger partial charge in [0.1, 0.15) is 10.8 Å². The number of ether oxygens (including phenoxy) is 1. The van der Waals surface area contributed by atoms with Gasteiger partial charge in [-0.3, -0.25) is 4.79 Å². The van der Waals surface area contributed by atoms with Crippen molar-refractivity contribution in [3.05, 3.63) is 34.1 Å². The first kappa shape index (κ1) is 23.1. The first-order valence-corrected chi connectivity index (χ1v) is 11.8. The Morgan fingerprint density at radius 3 is 2.68 bits per heavy atom. The molecule has 10 heteroatoms. The number of aryl methyl sites for hydroxylation is 2. The number of thiophene rings is 1. The fraction of sp³-hybridized carbons (Fsp3) is 0.429. The maximum absolute atomic E-state index is 12.7. The van der Waals surface area contributed by atoms with Gasteiger partial charge in [0, 0.05) is 11.4 Å². The van der Waals surface area contributed by atoms with Crippen LogP contribution in [0.3, 0.4) is 0 Å². The van der Waals surface area contributed by atoms with E-state index in [1.54, 1.807) is 6.26 Å². The van der Waals surface area contributed by atoms with Crippen molar-refractivity contribution in [1.82, 2.24) is 14.8 Å². The molecule has 8 nitrogen and oxygen atoms in total. The fourth-order valence-electron chi connectivity index (χ4n) is 3.34. The highest BCUT2D eigenvalue weighted by atomic mass is 32.2. The van der Waals surface area contributed by atoms with Gasteiger partial charge < -0.3 is 19.0 Å². The summed E-state index contributed by atoms with van der Waals surface area (Å²) in [6.07, 6.45) is 3.22. The number of hydrogen-bond donors (Lipinski definition) is 1. The third kappa shape index (κ3) is 4.85. The largest absolute Gasteiger partial charge is 0.469 e. The Morgan fingerprint density at radius 1 is 1.29 bits per heavy atom. The van der Waals surface area contributed by atoms with Crippen molar-refractivity contribution in [2.45, 2.75) is 52.2 Å². The van der Waals surface area contributed by atoms with Gasteiger partial charge in [-0.15, -0.1) is 21.5 Å². The minimum absolute atomic E-state index is 0.144. The van der Waals surface area contributed by atoms with Crippen LogP contribution in [0, 0.1) is 13.8 Å². The molecule has 0 saturated heterocycles. The van der Waals surface area contributed by atoms with Crippen molar-refractivity contribution in [2.24, 2.45) is 0 Å². The molecule has 0 aromatic carbocycles. The van der Waals surface area contributed by atoms with Crippen molar-refractivity contribution < 1.29 is 18.7 Å². The van der Waals surface area contributed by atoms with E-state index in [1.165, 1.54) is 30.2 Å². The van der Waals surface area contributed by atoms with Gasteiger partial charge in [0.25, 0.3) is 0 Å². The highest BCUT2D eigenvalue weighted by Crippen LogP contribution is 2.34. The topological polar surface area (TPSA) is 99.2 Å². The molecule has 0 aliphatic rings. The molecule has 0 aliphatic carbocycles. The second-order valence-corrected chi connectivity index (χ2v) is 9.04. The summed E-state index contributed by atoms with van der Waals surface area (Å²) in [5.74, 6) is 0.989. The SMILES string of the molecule is CCCn1c(SCC(=O)Nc2sc(C)c(CC)c2C(=O)OC)nnc1-c1ccoc1C. The molecule has 0 unspecified atom stereocenters. The summed E-state index contributed by atoms with van der Waals surface area (Å²) in [6, 6.07) is 1.87. The van der Waals surface area contributed by atoms with Gasteiger partial charge in [0.15, 0.2) is 11.0 Å². The number of carbonyl (C=O) groups excluding carboxylic acids is 2. The molecule has 0 saturated carbocycles. The Balaban J connectivity index is 1.76. The molecule has 31 heavy (non-hydrogen) atoms. The maximum atomic E-state index is 12.7. The van der Waals surface area contributed by atoms with Crippen LogP contribution in [0.4, 0.5) is 5.00 Å². The molecule has 3 rings (SSSR count). The van der Waals surface area contributed by atoms with Crippen LogP contribution >= 0.6 is 23.1 Å². The molecule has 3 aromatic heterocycles. The van der Waals surface area contributed by atoms with Crippen LogP contribution in [-0.4, -0.2) is 39.5 Å². The molecule has 1 amide bonds. The lowest BCUT2D eigenvalue weighted by Crippen LogP contribution is -2.16. The van der Waals surface area contributed by atoms with Crippen LogP contribution in [-0.2, 0) is 22.5 Å². The number of thioether (sulfide) groups is 1. The van der Waals surface area contributed by atoms with Crippen molar-refractivity contribution in [1.29, 1.82) is 0 Å². The van der Waals surface area contributed by atoms with E-state index in [4.69, 9.17) is 9.15 Å². The number of carbonyl (C=O) groups is 2. The first-order chi connectivity index (χ1) is 14.9. The van der Waals surface area contributed by atoms with E-state index >= 15 is 0 Å². The number of hydrogen-bond acceptors (Lipinski definition) is 8. The van der Waals surface area contributed by atoms with Gasteiger partial charge in [0.2, 0.25) is 5.91 Å². The summed E-state index contributed by atoms with van der Waals surface area (Å²) in [5, 5.41) is 12.7. The van der Waals surface area contributed by atoms with Crippen molar-refractivity contribution in [3.8, 4) is 11.4 Å². The highest BCUT2D eigenvalue weighted by Gasteiger charge is 2.23. The third-order valence-electron chi connectivity index (χ3n) is 4.80. The first-order valence-electron chi connectivity index (χ1n) is 10.0. The summed E-state index contributed by atoms with van der Waals surface area (Å²) in [6.45, 7) is 8.60. The van der Waals surface area contributed by atoms with Gasteiger partial charge in [-0.05, 0) is 38.3 Å². The van der Waals surface area contributed by atoms with Gasteiger partial charge in [-0.1, -0.05) is 25.6 Å². The standard InChI is InChI=1S/C21H26N4O4S2/c1-6-9-25-18(15-8-10-29-12(15)3)23-24-21(25)30-11-16(26)22-19-17(20(27)28-5)14(7-2)13(4)31-19/h8,10H,6-7,9,11H2,1-5H3,(H,22,26). The van der Waals surface area contributed by atoms with Crippen molar-refractivity contribution in [3.63, 3.8) is 0 Å². The number of methoxy groups -OCH3 is 1. The number of aromatic nitrogens is 3. The lowest BCUT2D eigenvalue weighted by molar-refractivity contribution is -0.113. The number of nitrogens with zero attached hydrogens (tertiary/aromatic N) is 3. The van der Waals surface area contributed by atoms with Gasteiger partial charge >= 0.3 is 5.97 Å². The van der Waals surface area contributed by atoms with E-state index < -0.39 is 5.97 Å². The van der Waals surface area contributed by atoms with Crippen LogP contribution in [0.15, 0.2) is 21.9 Å².